The number of nitrogens with two attached hydrogens (primary N) is 1. The Morgan fingerprint density at radius 1 is 1.12 bits per heavy atom. The fourth-order valence-corrected chi connectivity index (χ4v) is 6.76. The van der Waals surface area contributed by atoms with Crippen molar-refractivity contribution in [3.05, 3.63) is 51.6 Å². The molecule has 2 aliphatic carbocycles. The smallest absolute Gasteiger partial charge is 0.202 e. The second-order valence-electron chi connectivity index (χ2n) is 12.9. The van der Waals surface area contributed by atoms with Crippen LogP contribution in [-0.2, 0) is 30.2 Å². The van der Waals surface area contributed by atoms with E-state index in [2.05, 4.69) is 0 Å². The van der Waals surface area contributed by atoms with Crippen LogP contribution in [0.3, 0.4) is 0 Å². The number of ketones is 3. The van der Waals surface area contributed by atoms with E-state index in [-0.39, 0.29) is 53.9 Å². The van der Waals surface area contributed by atoms with E-state index < -0.39 is 101 Å². The van der Waals surface area contributed by atoms with Gasteiger partial charge in [0.05, 0.1) is 54.8 Å². The Hall–Kier alpha value is -3.47. The molecule has 14 heteroatoms. The first-order valence-electron chi connectivity index (χ1n) is 15.9. The number of fused-ring (bicyclic) bond motifs is 3. The lowest BCUT2D eigenvalue weighted by atomic mass is 9.72. The van der Waals surface area contributed by atoms with E-state index in [0.717, 1.165) is 0 Å². The molecule has 5 rings (SSSR count). The first-order valence-corrected chi connectivity index (χ1v) is 15.9. The Morgan fingerprint density at radius 3 is 2.42 bits per heavy atom. The molecule has 9 atom stereocenters. The lowest BCUT2D eigenvalue weighted by Gasteiger charge is -2.43. The van der Waals surface area contributed by atoms with E-state index >= 15 is 0 Å². The van der Waals surface area contributed by atoms with Crippen LogP contribution in [0.25, 0.3) is 0 Å². The SMILES string of the molecule is COc1cccc2c1C(=O)c1c(O)c3c(c(O)c1C2=O)C[C@@](O)(C(C)=O)C[C@H]3O[C@@H]1C[C@H](N)[C@H](OC(CC(C)O)OC(C)CO)[C@H](C)O1. The number of phenols is 2. The number of aliphatic hydroxyl groups excluding tert-OH is 2. The van der Waals surface area contributed by atoms with Crippen molar-refractivity contribution in [1.82, 2.24) is 0 Å². The average molecular weight is 674 g/mol. The largest absolute Gasteiger partial charge is 0.507 e. The molecule has 0 radical (unpaired) electrons. The topological polar surface area (TPSA) is 225 Å². The third kappa shape index (κ3) is 6.46. The minimum atomic E-state index is -2.05. The highest BCUT2D eigenvalue weighted by atomic mass is 16.7. The fraction of sp³-hybridized carbons (Fsp3) is 0.559. The van der Waals surface area contributed by atoms with Crippen molar-refractivity contribution < 1.29 is 63.6 Å². The van der Waals surface area contributed by atoms with Crippen molar-refractivity contribution in [2.24, 2.45) is 5.73 Å². The number of Topliss-reactive ketones (excluding diaryl/α,β-unsaturated/α-hetero) is 1. The van der Waals surface area contributed by atoms with E-state index in [4.69, 9.17) is 29.4 Å². The Bertz CT molecular complexity index is 1580. The average Bonchev–Trinajstić information content (AvgIpc) is 3.02. The summed E-state index contributed by atoms with van der Waals surface area (Å²) in [5.74, 6) is -3.31. The van der Waals surface area contributed by atoms with E-state index in [1.165, 1.54) is 32.2 Å². The van der Waals surface area contributed by atoms with Gasteiger partial charge in [0.2, 0.25) is 5.78 Å². The van der Waals surface area contributed by atoms with Crippen LogP contribution in [0.1, 0.15) is 96.0 Å². The number of carbonyl (C=O) groups is 3. The highest BCUT2D eigenvalue weighted by Gasteiger charge is 2.49. The molecular weight excluding hydrogens is 630 g/mol. The molecule has 1 heterocycles. The van der Waals surface area contributed by atoms with E-state index in [1.807, 2.05) is 0 Å². The van der Waals surface area contributed by atoms with Gasteiger partial charge in [0, 0.05) is 48.4 Å². The normalized spacial score (nSPS) is 28.6. The minimum absolute atomic E-state index is 0.0332. The summed E-state index contributed by atoms with van der Waals surface area (Å²) in [6.45, 7) is 5.82. The highest BCUT2D eigenvalue weighted by molar-refractivity contribution is 6.31. The molecule has 3 aliphatic rings. The quantitative estimate of drug-likeness (QED) is 0.126. The number of rotatable bonds is 11. The molecule has 0 saturated carbocycles. The van der Waals surface area contributed by atoms with Gasteiger partial charge < -0.3 is 55.0 Å². The number of ether oxygens (including phenoxy) is 5. The number of methoxy groups -OCH3 is 1. The Labute approximate surface area is 277 Å². The molecule has 1 saturated heterocycles. The van der Waals surface area contributed by atoms with Crippen LogP contribution in [-0.4, -0.2) is 105 Å². The van der Waals surface area contributed by atoms with E-state index in [1.54, 1.807) is 20.8 Å². The van der Waals surface area contributed by atoms with Gasteiger partial charge in [0.25, 0.3) is 0 Å². The third-order valence-electron chi connectivity index (χ3n) is 9.25. The number of benzene rings is 2. The van der Waals surface area contributed by atoms with Crippen molar-refractivity contribution >= 4 is 17.3 Å². The molecule has 2 aromatic carbocycles. The van der Waals surface area contributed by atoms with Crippen molar-refractivity contribution in [1.29, 1.82) is 0 Å². The van der Waals surface area contributed by atoms with Gasteiger partial charge in [-0.25, -0.2) is 0 Å². The summed E-state index contributed by atoms with van der Waals surface area (Å²) in [6.07, 6.45) is -6.71. The van der Waals surface area contributed by atoms with Crippen LogP contribution in [0, 0.1) is 0 Å². The predicted molar refractivity (Wildman–Crippen MR) is 167 cm³/mol. The van der Waals surface area contributed by atoms with Crippen LogP contribution >= 0.6 is 0 Å². The Morgan fingerprint density at radius 2 is 1.81 bits per heavy atom. The molecule has 3 unspecified atom stereocenters. The van der Waals surface area contributed by atoms with Gasteiger partial charge in [0.15, 0.2) is 24.1 Å². The number of hydrogen-bond donors (Lipinski definition) is 6. The molecule has 48 heavy (non-hydrogen) atoms. The number of hydrogen-bond acceptors (Lipinski definition) is 14. The third-order valence-corrected chi connectivity index (χ3v) is 9.25. The number of aliphatic hydroxyl groups is 3. The summed E-state index contributed by atoms with van der Waals surface area (Å²) >= 11 is 0. The van der Waals surface area contributed by atoms with Crippen LogP contribution in [0.5, 0.6) is 17.2 Å². The highest BCUT2D eigenvalue weighted by Crippen LogP contribution is 2.52. The molecule has 0 spiro atoms. The first kappa shape index (κ1) is 35.8. The number of aromatic hydroxyl groups is 2. The summed E-state index contributed by atoms with van der Waals surface area (Å²) in [7, 11) is 1.33. The predicted octanol–water partition coefficient (Wildman–Crippen LogP) is 1.55. The summed E-state index contributed by atoms with van der Waals surface area (Å²) in [5, 5.41) is 54.0. The van der Waals surface area contributed by atoms with Crippen molar-refractivity contribution in [3.63, 3.8) is 0 Å². The lowest BCUT2D eigenvalue weighted by Crippen LogP contribution is -2.55. The summed E-state index contributed by atoms with van der Waals surface area (Å²) < 4.78 is 29.5. The molecule has 7 N–H and O–H groups in total. The number of carbonyl (C=O) groups excluding carboxylic acids is 3. The number of phenolic OH excluding ortho intramolecular Hbond substituents is 2. The Kier molecular flexibility index (Phi) is 10.3. The van der Waals surface area contributed by atoms with Gasteiger partial charge in [-0.15, -0.1) is 0 Å². The van der Waals surface area contributed by atoms with Crippen molar-refractivity contribution in [2.75, 3.05) is 13.7 Å². The van der Waals surface area contributed by atoms with E-state index in [9.17, 15) is 39.9 Å². The molecule has 2 aromatic rings. The van der Waals surface area contributed by atoms with Crippen LogP contribution in [0.2, 0.25) is 0 Å². The molecular formula is C34H43NO13. The van der Waals surface area contributed by atoms with Gasteiger partial charge in [-0.05, 0) is 33.8 Å². The molecule has 262 valence electrons. The second-order valence-corrected chi connectivity index (χ2v) is 12.9. The summed E-state index contributed by atoms with van der Waals surface area (Å²) in [5.41, 5.74) is 3.28. The maximum atomic E-state index is 13.8. The van der Waals surface area contributed by atoms with Crippen LogP contribution in [0.15, 0.2) is 18.2 Å². The lowest BCUT2D eigenvalue weighted by molar-refractivity contribution is -0.285. The van der Waals surface area contributed by atoms with Gasteiger partial charge in [-0.3, -0.25) is 14.4 Å². The second kappa shape index (κ2) is 13.8. The maximum Gasteiger partial charge on any atom is 0.202 e. The van der Waals surface area contributed by atoms with Crippen LogP contribution in [0.4, 0.5) is 0 Å². The van der Waals surface area contributed by atoms with Crippen molar-refractivity contribution in [3.8, 4) is 17.2 Å². The van der Waals surface area contributed by atoms with E-state index in [0.29, 0.717) is 0 Å². The maximum absolute atomic E-state index is 13.8. The van der Waals surface area contributed by atoms with Gasteiger partial charge in [-0.2, -0.15) is 0 Å². The monoisotopic (exact) mass is 673 g/mol. The molecule has 0 amide bonds. The molecule has 0 bridgehead atoms. The molecule has 0 aromatic heterocycles. The first-order chi connectivity index (χ1) is 22.6. The fourth-order valence-electron chi connectivity index (χ4n) is 6.76. The zero-order valence-electron chi connectivity index (χ0n) is 27.5. The summed E-state index contributed by atoms with van der Waals surface area (Å²) in [4.78, 5) is 40.2. The van der Waals surface area contributed by atoms with Gasteiger partial charge >= 0.3 is 0 Å². The zero-order valence-corrected chi connectivity index (χ0v) is 27.5. The van der Waals surface area contributed by atoms with Gasteiger partial charge in [-0.1, -0.05) is 12.1 Å². The summed E-state index contributed by atoms with van der Waals surface area (Å²) in [6, 6.07) is 3.72. The standard InChI is InChI=1S/C34H43NO13/c1-14(37)9-23(45-15(2)13-36)48-33-16(3)46-24(10-20(33)35)47-22-12-34(43,17(4)38)11-19-26(22)32(42)28-27(30(19)40)29(39)18-7-6-8-21(44-5)25(18)31(28)41/h6-8,14-16,20,22-24,33,36-37,40,42-43H,9-13,35H2,1-5H3/t14?,15?,16-,20-,22+,23?,24+,33+,34-/m0/s1. The molecule has 1 aliphatic heterocycles. The van der Waals surface area contributed by atoms with Crippen LogP contribution < -0.4 is 10.5 Å². The zero-order chi connectivity index (χ0) is 35.2. The van der Waals surface area contributed by atoms with Crippen molar-refractivity contribution in [2.45, 2.75) is 108 Å². The van der Waals surface area contributed by atoms with Gasteiger partial charge in [0.1, 0.15) is 29.0 Å². The molecule has 1 fully saturated rings. The molecule has 14 nitrogen and oxygen atoms in total. The Balaban J connectivity index is 1.49. The minimum Gasteiger partial charge on any atom is -0.507 e.